The molecule has 1 heterocycles. The van der Waals surface area contributed by atoms with Crippen LogP contribution >= 0.6 is 0 Å². The monoisotopic (exact) mass is 382 g/mol. The van der Waals surface area contributed by atoms with Crippen molar-refractivity contribution >= 4 is 23.6 Å². The number of rotatable bonds is 6. The van der Waals surface area contributed by atoms with E-state index in [0.717, 1.165) is 5.56 Å². The minimum absolute atomic E-state index is 0.241. The number of carboxylic acid groups (broad SMARTS) is 1. The molecule has 6 heteroatoms. The normalized spacial score (nSPS) is 20.2. The number of benzene rings is 2. The van der Waals surface area contributed by atoms with Crippen molar-refractivity contribution in [2.24, 2.45) is 11.8 Å². The number of hydrogen-bond acceptors (Lipinski definition) is 3. The van der Waals surface area contributed by atoms with Crippen LogP contribution in [0.15, 0.2) is 60.7 Å². The lowest BCUT2D eigenvalue weighted by molar-refractivity contribution is -0.145. The fraction of sp³-hybridized carbons (Fsp3) is 0.273. The van der Waals surface area contributed by atoms with Crippen molar-refractivity contribution in [3.63, 3.8) is 0 Å². The summed E-state index contributed by atoms with van der Waals surface area (Å²) in [6, 6.07) is 15.4. The van der Waals surface area contributed by atoms with Gasteiger partial charge in [0.2, 0.25) is 5.91 Å². The van der Waals surface area contributed by atoms with Gasteiger partial charge in [0.25, 0.3) is 0 Å². The lowest BCUT2D eigenvalue weighted by Crippen LogP contribution is -2.46. The van der Waals surface area contributed by atoms with E-state index >= 15 is 0 Å². The molecule has 5 nitrogen and oxygen atoms in total. The van der Waals surface area contributed by atoms with E-state index in [1.165, 1.54) is 24.3 Å². The molecule has 2 unspecified atom stereocenters. The fourth-order valence-electron chi connectivity index (χ4n) is 3.39. The van der Waals surface area contributed by atoms with Gasteiger partial charge < -0.3 is 10.4 Å². The van der Waals surface area contributed by atoms with Gasteiger partial charge in [-0.05, 0) is 36.2 Å². The van der Waals surface area contributed by atoms with Crippen LogP contribution in [0.3, 0.4) is 0 Å². The van der Waals surface area contributed by atoms with Crippen molar-refractivity contribution < 1.29 is 19.1 Å². The van der Waals surface area contributed by atoms with Crippen LogP contribution in [0.2, 0.25) is 0 Å². The zero-order chi connectivity index (χ0) is 19.9. The minimum atomic E-state index is -0.892. The van der Waals surface area contributed by atoms with Crippen molar-refractivity contribution in [1.29, 1.82) is 0 Å². The summed E-state index contributed by atoms with van der Waals surface area (Å²) in [6.07, 6.45) is 4.26. The number of piperidine rings is 1. The molecular weight excluding hydrogens is 359 g/mol. The average molecular weight is 382 g/mol. The Morgan fingerprint density at radius 1 is 1.07 bits per heavy atom. The number of amides is 1. The number of carboxylic acids is 1. The average Bonchev–Trinajstić information content (AvgIpc) is 2.70. The van der Waals surface area contributed by atoms with E-state index in [1.54, 1.807) is 0 Å². The van der Waals surface area contributed by atoms with Crippen molar-refractivity contribution in [2.45, 2.75) is 6.42 Å². The third-order valence-electron chi connectivity index (χ3n) is 4.83. The van der Waals surface area contributed by atoms with Crippen molar-refractivity contribution in [1.82, 2.24) is 4.90 Å². The highest BCUT2D eigenvalue weighted by atomic mass is 19.1. The number of nitrogens with one attached hydrogen (secondary N) is 1. The molecule has 0 aliphatic carbocycles. The molecule has 0 radical (unpaired) electrons. The molecule has 0 spiro atoms. The molecule has 2 aromatic carbocycles. The van der Waals surface area contributed by atoms with Gasteiger partial charge in [-0.25, -0.2) is 4.39 Å². The lowest BCUT2D eigenvalue weighted by atomic mass is 9.88. The minimum Gasteiger partial charge on any atom is -0.481 e. The van der Waals surface area contributed by atoms with Gasteiger partial charge in [-0.3, -0.25) is 14.5 Å². The van der Waals surface area contributed by atoms with Crippen LogP contribution in [-0.4, -0.2) is 41.5 Å². The van der Waals surface area contributed by atoms with Gasteiger partial charge in [-0.2, -0.15) is 0 Å². The Bertz CT molecular complexity index is 837. The van der Waals surface area contributed by atoms with Crippen LogP contribution in [0.5, 0.6) is 0 Å². The molecule has 28 heavy (non-hydrogen) atoms. The van der Waals surface area contributed by atoms with Gasteiger partial charge in [0.15, 0.2) is 0 Å². The summed E-state index contributed by atoms with van der Waals surface area (Å²) in [5, 5.41) is 12.2. The van der Waals surface area contributed by atoms with E-state index < -0.39 is 17.8 Å². The van der Waals surface area contributed by atoms with Crippen LogP contribution in [0.1, 0.15) is 12.0 Å². The molecule has 2 aromatic rings. The third-order valence-corrected chi connectivity index (χ3v) is 4.83. The molecule has 146 valence electrons. The molecule has 1 fully saturated rings. The maximum Gasteiger partial charge on any atom is 0.307 e. The number of likely N-dealkylation sites (tertiary alicyclic amines) is 1. The number of hydrogen-bond donors (Lipinski definition) is 2. The van der Waals surface area contributed by atoms with Gasteiger partial charge in [-0.15, -0.1) is 0 Å². The highest BCUT2D eigenvalue weighted by Gasteiger charge is 2.34. The van der Waals surface area contributed by atoms with E-state index in [0.29, 0.717) is 31.7 Å². The van der Waals surface area contributed by atoms with Crippen LogP contribution in [0, 0.1) is 17.7 Å². The number of aliphatic carboxylic acids is 1. The smallest absolute Gasteiger partial charge is 0.307 e. The van der Waals surface area contributed by atoms with Crippen LogP contribution in [-0.2, 0) is 9.59 Å². The molecule has 1 aliphatic rings. The molecule has 0 saturated carbocycles. The quantitative estimate of drug-likeness (QED) is 0.802. The molecule has 1 amide bonds. The highest BCUT2D eigenvalue weighted by molar-refractivity contribution is 5.93. The summed E-state index contributed by atoms with van der Waals surface area (Å²) in [5.74, 6) is -2.54. The Morgan fingerprint density at radius 2 is 1.75 bits per heavy atom. The van der Waals surface area contributed by atoms with Gasteiger partial charge >= 0.3 is 5.97 Å². The van der Waals surface area contributed by atoms with Crippen molar-refractivity contribution in [2.75, 3.05) is 25.0 Å². The second kappa shape index (κ2) is 9.28. The third kappa shape index (κ3) is 5.50. The standard InChI is InChI=1S/C22H23FN2O3/c23-19-8-10-20(11-9-19)24-21(26)17-13-18(22(27)28)15-25(14-17)12-4-7-16-5-2-1-3-6-16/h1-11,17-18H,12-15H2,(H,24,26)(H,27,28). The van der Waals surface area contributed by atoms with Gasteiger partial charge in [-0.1, -0.05) is 42.5 Å². The van der Waals surface area contributed by atoms with Gasteiger partial charge in [0.05, 0.1) is 11.8 Å². The number of carbonyl (C=O) groups excluding carboxylic acids is 1. The Labute approximate surface area is 163 Å². The fourth-order valence-corrected chi connectivity index (χ4v) is 3.39. The van der Waals surface area contributed by atoms with Crippen LogP contribution in [0.4, 0.5) is 10.1 Å². The number of nitrogens with zero attached hydrogens (tertiary/aromatic N) is 1. The molecular formula is C22H23FN2O3. The second-order valence-corrected chi connectivity index (χ2v) is 7.00. The largest absolute Gasteiger partial charge is 0.481 e. The topological polar surface area (TPSA) is 69.6 Å². The van der Waals surface area contributed by atoms with Crippen LogP contribution in [0.25, 0.3) is 6.08 Å². The predicted octanol–water partition coefficient (Wildman–Crippen LogP) is 3.50. The van der Waals surface area contributed by atoms with E-state index in [9.17, 15) is 19.1 Å². The summed E-state index contributed by atoms with van der Waals surface area (Å²) < 4.78 is 13.0. The summed E-state index contributed by atoms with van der Waals surface area (Å²) in [7, 11) is 0. The molecule has 2 N–H and O–H groups in total. The summed E-state index contributed by atoms with van der Waals surface area (Å²) in [4.78, 5) is 26.1. The molecule has 1 aliphatic heterocycles. The number of carbonyl (C=O) groups is 2. The molecule has 1 saturated heterocycles. The summed E-state index contributed by atoms with van der Waals surface area (Å²) in [5.41, 5.74) is 1.57. The van der Waals surface area contributed by atoms with Gasteiger partial charge in [0.1, 0.15) is 5.82 Å². The zero-order valence-corrected chi connectivity index (χ0v) is 15.4. The number of anilines is 1. The first kappa shape index (κ1) is 19.8. The first-order valence-electron chi connectivity index (χ1n) is 9.24. The van der Waals surface area contributed by atoms with Crippen molar-refractivity contribution in [3.05, 3.63) is 72.1 Å². The Hall–Kier alpha value is -2.99. The van der Waals surface area contributed by atoms with E-state index in [4.69, 9.17) is 0 Å². The lowest BCUT2D eigenvalue weighted by Gasteiger charge is -2.34. The van der Waals surface area contributed by atoms with Crippen LogP contribution < -0.4 is 5.32 Å². The maximum absolute atomic E-state index is 13.0. The Balaban J connectivity index is 1.63. The van der Waals surface area contributed by atoms with Gasteiger partial charge in [0, 0.05) is 25.3 Å². The number of halogens is 1. The van der Waals surface area contributed by atoms with Crippen molar-refractivity contribution in [3.8, 4) is 0 Å². The first-order chi connectivity index (χ1) is 13.5. The van der Waals surface area contributed by atoms with E-state index in [1.807, 2.05) is 47.4 Å². The first-order valence-corrected chi connectivity index (χ1v) is 9.24. The highest BCUT2D eigenvalue weighted by Crippen LogP contribution is 2.24. The maximum atomic E-state index is 13.0. The zero-order valence-electron chi connectivity index (χ0n) is 15.4. The predicted molar refractivity (Wildman–Crippen MR) is 106 cm³/mol. The molecule has 2 atom stereocenters. The Kier molecular flexibility index (Phi) is 6.55. The van der Waals surface area contributed by atoms with E-state index in [2.05, 4.69) is 5.32 Å². The Morgan fingerprint density at radius 3 is 2.43 bits per heavy atom. The molecule has 0 aromatic heterocycles. The summed E-state index contributed by atoms with van der Waals surface area (Å²) >= 11 is 0. The SMILES string of the molecule is O=C(O)C1CC(C(=O)Nc2ccc(F)cc2)CN(CC=Cc2ccccc2)C1. The second-order valence-electron chi connectivity index (χ2n) is 7.00. The summed E-state index contributed by atoms with van der Waals surface area (Å²) in [6.45, 7) is 1.46. The van der Waals surface area contributed by atoms with E-state index in [-0.39, 0.29) is 11.7 Å². The molecule has 0 bridgehead atoms. The molecule has 3 rings (SSSR count).